The molecule has 0 fully saturated rings. The molecular weight excluding hydrogens is 649 g/mol. The summed E-state index contributed by atoms with van der Waals surface area (Å²) in [7, 11) is 0. The van der Waals surface area contributed by atoms with Gasteiger partial charge in [-0.3, -0.25) is 4.98 Å². The quantitative estimate of drug-likeness (QED) is 0.0840. The average Bonchev–Trinajstić information content (AvgIpc) is 3.21. The number of pyridine rings is 1. The van der Waals surface area contributed by atoms with E-state index < -0.39 is 28.7 Å². The summed E-state index contributed by atoms with van der Waals surface area (Å²) in [5, 5.41) is 52.6. The van der Waals surface area contributed by atoms with E-state index >= 15 is 0 Å². The van der Waals surface area contributed by atoms with E-state index in [-0.39, 0.29) is 5.56 Å². The van der Waals surface area contributed by atoms with Gasteiger partial charge in [0, 0.05) is 16.6 Å². The zero-order chi connectivity index (χ0) is 35.8. The third-order valence-electron chi connectivity index (χ3n) is 9.30. The van der Waals surface area contributed by atoms with E-state index in [2.05, 4.69) is 89.8 Å². The molecule has 0 aliphatic rings. The SMILES string of the molecule is Oc1c(O)c(O)c(-c2ccc(-c3ccc(-c4ccc(N(c5ccc(-c6ccccc6)cc5)c5cccc6ccccc56)cn4)cc3)cc2)c(O)c1O. The first-order valence-electron chi connectivity index (χ1n) is 16.7. The maximum atomic E-state index is 10.3. The second-order valence-electron chi connectivity index (χ2n) is 12.4. The van der Waals surface area contributed by atoms with E-state index in [1.807, 2.05) is 54.7 Å². The average molecular weight is 681 g/mol. The molecule has 7 aromatic carbocycles. The lowest BCUT2D eigenvalue weighted by atomic mass is 9.97. The van der Waals surface area contributed by atoms with Crippen LogP contribution in [0.15, 0.2) is 164 Å². The highest BCUT2D eigenvalue weighted by Crippen LogP contribution is 2.54. The Bertz CT molecular complexity index is 2500. The van der Waals surface area contributed by atoms with Gasteiger partial charge < -0.3 is 30.4 Å². The molecule has 0 aliphatic heterocycles. The molecule has 0 saturated carbocycles. The lowest BCUT2D eigenvalue weighted by Crippen LogP contribution is -2.10. The van der Waals surface area contributed by atoms with E-state index in [1.54, 1.807) is 24.3 Å². The van der Waals surface area contributed by atoms with Crippen molar-refractivity contribution in [2.24, 2.45) is 0 Å². The Kier molecular flexibility index (Phi) is 8.14. The van der Waals surface area contributed by atoms with Crippen LogP contribution >= 0.6 is 0 Å². The zero-order valence-electron chi connectivity index (χ0n) is 27.7. The van der Waals surface area contributed by atoms with Crippen molar-refractivity contribution in [1.29, 1.82) is 0 Å². The minimum atomic E-state index is -0.990. The largest absolute Gasteiger partial charge is 0.504 e. The highest BCUT2D eigenvalue weighted by molar-refractivity contribution is 5.99. The third-order valence-corrected chi connectivity index (χ3v) is 9.30. The van der Waals surface area contributed by atoms with Crippen molar-refractivity contribution < 1.29 is 25.5 Å². The molecular formula is C45H32N2O5. The molecule has 0 aliphatic carbocycles. The normalized spacial score (nSPS) is 11.1. The number of hydrogen-bond acceptors (Lipinski definition) is 7. The molecule has 0 saturated heterocycles. The molecule has 1 aromatic heterocycles. The summed E-state index contributed by atoms with van der Waals surface area (Å²) in [6, 6.07) is 52.6. The van der Waals surface area contributed by atoms with E-state index in [0.29, 0.717) is 5.56 Å². The second-order valence-corrected chi connectivity index (χ2v) is 12.4. The smallest absolute Gasteiger partial charge is 0.208 e. The number of aromatic hydroxyl groups is 5. The Morgan fingerprint density at radius 1 is 0.365 bits per heavy atom. The molecule has 0 bridgehead atoms. The minimum Gasteiger partial charge on any atom is -0.504 e. The number of nitrogens with zero attached hydrogens (tertiary/aromatic N) is 2. The summed E-state index contributed by atoms with van der Waals surface area (Å²) in [5.74, 6) is -4.28. The van der Waals surface area contributed by atoms with Gasteiger partial charge in [0.05, 0.1) is 28.8 Å². The highest BCUT2D eigenvalue weighted by Gasteiger charge is 2.24. The Morgan fingerprint density at radius 3 is 1.46 bits per heavy atom. The molecule has 7 nitrogen and oxygen atoms in total. The molecule has 0 spiro atoms. The molecule has 7 heteroatoms. The predicted molar refractivity (Wildman–Crippen MR) is 206 cm³/mol. The number of aromatic nitrogens is 1. The number of anilines is 3. The van der Waals surface area contributed by atoms with Crippen molar-refractivity contribution in [3.05, 3.63) is 164 Å². The summed E-state index contributed by atoms with van der Waals surface area (Å²) in [4.78, 5) is 7.14. The van der Waals surface area contributed by atoms with Crippen LogP contribution < -0.4 is 4.90 Å². The number of fused-ring (bicyclic) bond motifs is 1. The second kappa shape index (κ2) is 13.2. The van der Waals surface area contributed by atoms with Crippen LogP contribution in [0, 0.1) is 0 Å². The molecule has 5 N–H and O–H groups in total. The van der Waals surface area contributed by atoms with Crippen LogP contribution in [-0.2, 0) is 0 Å². The Hall–Kier alpha value is -7.25. The maximum Gasteiger partial charge on any atom is 0.208 e. The van der Waals surface area contributed by atoms with Gasteiger partial charge >= 0.3 is 0 Å². The topological polar surface area (TPSA) is 117 Å². The van der Waals surface area contributed by atoms with Crippen molar-refractivity contribution in [3.8, 4) is 73.4 Å². The van der Waals surface area contributed by atoms with Crippen LogP contribution in [0.4, 0.5) is 17.1 Å². The third kappa shape index (κ3) is 5.76. The Labute approximate surface area is 299 Å². The van der Waals surface area contributed by atoms with Gasteiger partial charge in [-0.1, -0.05) is 127 Å². The van der Waals surface area contributed by atoms with Crippen molar-refractivity contribution >= 4 is 27.8 Å². The molecule has 8 rings (SSSR count). The van der Waals surface area contributed by atoms with Crippen molar-refractivity contribution in [2.75, 3.05) is 4.90 Å². The molecule has 0 atom stereocenters. The van der Waals surface area contributed by atoms with Crippen LogP contribution in [0.1, 0.15) is 0 Å². The summed E-state index contributed by atoms with van der Waals surface area (Å²) < 4.78 is 0. The van der Waals surface area contributed by atoms with E-state index in [1.165, 1.54) is 0 Å². The van der Waals surface area contributed by atoms with E-state index in [9.17, 15) is 25.5 Å². The zero-order valence-corrected chi connectivity index (χ0v) is 27.7. The Morgan fingerprint density at radius 2 is 0.846 bits per heavy atom. The molecule has 52 heavy (non-hydrogen) atoms. The number of phenols is 5. The monoisotopic (exact) mass is 680 g/mol. The maximum absolute atomic E-state index is 10.3. The molecule has 8 aromatic rings. The number of phenolic OH excluding ortho intramolecular Hbond substituents is 5. The van der Waals surface area contributed by atoms with Gasteiger partial charge in [0.1, 0.15) is 0 Å². The van der Waals surface area contributed by atoms with Gasteiger partial charge in [-0.05, 0) is 63.5 Å². The molecule has 0 amide bonds. The first-order valence-corrected chi connectivity index (χ1v) is 16.7. The summed E-state index contributed by atoms with van der Waals surface area (Å²) >= 11 is 0. The summed E-state index contributed by atoms with van der Waals surface area (Å²) in [6.45, 7) is 0. The van der Waals surface area contributed by atoms with Gasteiger partial charge in [0.2, 0.25) is 17.2 Å². The van der Waals surface area contributed by atoms with Crippen LogP contribution in [0.5, 0.6) is 28.7 Å². The molecule has 1 heterocycles. The van der Waals surface area contributed by atoms with Crippen molar-refractivity contribution in [3.63, 3.8) is 0 Å². The van der Waals surface area contributed by atoms with Crippen LogP contribution in [0.2, 0.25) is 0 Å². The fourth-order valence-electron chi connectivity index (χ4n) is 6.57. The van der Waals surface area contributed by atoms with Crippen LogP contribution in [0.25, 0.3) is 55.4 Å². The van der Waals surface area contributed by atoms with Crippen LogP contribution in [0.3, 0.4) is 0 Å². The van der Waals surface area contributed by atoms with Crippen molar-refractivity contribution in [1.82, 2.24) is 4.98 Å². The molecule has 0 radical (unpaired) electrons. The first kappa shape index (κ1) is 32.0. The predicted octanol–water partition coefficient (Wildman–Crippen LogP) is 10.9. The Balaban J connectivity index is 1.09. The van der Waals surface area contributed by atoms with Gasteiger partial charge in [0.25, 0.3) is 0 Å². The van der Waals surface area contributed by atoms with Gasteiger partial charge in [-0.25, -0.2) is 0 Å². The van der Waals surface area contributed by atoms with Gasteiger partial charge in [-0.2, -0.15) is 0 Å². The standard InChI is InChI=1S/C45H32N2O5/c48-41-40(42(49)44(51)45(52)43(41)50)34-19-15-30(16-20-34)29-13-17-33(18-14-29)38-26-25-36(27-46-38)47(39-12-6-10-32-9-4-5-11-37(32)39)35-23-21-31(22-24-35)28-7-2-1-3-8-28/h1-27,48-52H. The van der Waals surface area contributed by atoms with E-state index in [0.717, 1.165) is 61.3 Å². The fraction of sp³-hybridized carbons (Fsp3) is 0. The van der Waals surface area contributed by atoms with Gasteiger partial charge in [-0.15, -0.1) is 0 Å². The first-order chi connectivity index (χ1) is 25.4. The number of benzene rings is 7. The van der Waals surface area contributed by atoms with Gasteiger partial charge in [0.15, 0.2) is 11.5 Å². The number of rotatable bonds is 7. The highest BCUT2D eigenvalue weighted by atomic mass is 16.4. The summed E-state index contributed by atoms with van der Waals surface area (Å²) in [5.41, 5.74) is 9.03. The lowest BCUT2D eigenvalue weighted by molar-refractivity contribution is 0.330. The molecule has 252 valence electrons. The van der Waals surface area contributed by atoms with E-state index in [4.69, 9.17) is 4.98 Å². The number of hydrogen-bond donors (Lipinski definition) is 5. The van der Waals surface area contributed by atoms with Crippen molar-refractivity contribution in [2.45, 2.75) is 0 Å². The lowest BCUT2D eigenvalue weighted by Gasteiger charge is -2.27. The fourth-order valence-corrected chi connectivity index (χ4v) is 6.57. The molecule has 0 unspecified atom stereocenters. The minimum absolute atomic E-state index is 0.188. The van der Waals surface area contributed by atoms with Crippen LogP contribution in [-0.4, -0.2) is 30.5 Å². The summed E-state index contributed by atoms with van der Waals surface area (Å²) in [6.07, 6.45) is 1.90.